The van der Waals surface area contributed by atoms with Crippen molar-refractivity contribution in [2.75, 3.05) is 9.80 Å². The SMILES string of the molecule is Cc1cccc(C)c1-c1cc(Oc2[c-]c3c(cc2)c2ccccc2n3-c2cc(C(C)(C)C)ccn2)[c-]c(N2[CH-]N(c3ccccc3-c3cc(F)cc(F)c3)c3ccccc32)c1.[Pt]. The Hall–Kier alpha value is -6.56. The monoisotopic (exact) mass is 994 g/mol. The van der Waals surface area contributed by atoms with Crippen LogP contribution < -0.4 is 14.5 Å². The first-order chi connectivity index (χ1) is 29.5. The summed E-state index contributed by atoms with van der Waals surface area (Å²) < 4.78 is 38.1. The molecule has 9 aromatic rings. The number of ether oxygens (including phenoxy) is 1. The van der Waals surface area contributed by atoms with E-state index in [9.17, 15) is 8.78 Å². The van der Waals surface area contributed by atoms with Gasteiger partial charge in [0.25, 0.3) is 0 Å². The summed E-state index contributed by atoms with van der Waals surface area (Å²) in [6.45, 7) is 12.9. The van der Waals surface area contributed by atoms with Gasteiger partial charge in [-0.15, -0.1) is 53.6 Å². The van der Waals surface area contributed by atoms with Gasteiger partial charge in [-0.1, -0.05) is 93.0 Å². The van der Waals surface area contributed by atoms with E-state index in [1.54, 1.807) is 0 Å². The van der Waals surface area contributed by atoms with Gasteiger partial charge in [0, 0.05) is 73.0 Å². The molecule has 0 unspecified atom stereocenters. The molecule has 3 heterocycles. The zero-order valence-corrected chi connectivity index (χ0v) is 37.1. The molecule has 0 saturated heterocycles. The maximum absolute atomic E-state index is 14.6. The number of para-hydroxylation sites is 4. The van der Waals surface area contributed by atoms with Crippen LogP contribution in [0.4, 0.5) is 31.5 Å². The fourth-order valence-corrected chi connectivity index (χ4v) is 8.56. The summed E-state index contributed by atoms with van der Waals surface area (Å²) in [5.74, 6) is 0.600. The van der Waals surface area contributed by atoms with Gasteiger partial charge in [-0.25, -0.2) is 13.8 Å². The summed E-state index contributed by atoms with van der Waals surface area (Å²) in [6, 6.07) is 53.7. The van der Waals surface area contributed by atoms with E-state index in [-0.39, 0.29) is 26.5 Å². The van der Waals surface area contributed by atoms with E-state index in [0.29, 0.717) is 22.6 Å². The van der Waals surface area contributed by atoms with Gasteiger partial charge in [-0.2, -0.15) is 6.07 Å². The van der Waals surface area contributed by atoms with Gasteiger partial charge >= 0.3 is 0 Å². The van der Waals surface area contributed by atoms with Gasteiger partial charge < -0.3 is 19.1 Å². The largest absolute Gasteiger partial charge is 0.509 e. The predicted octanol–water partition coefficient (Wildman–Crippen LogP) is 14.5. The number of nitrogens with zero attached hydrogens (tertiary/aromatic N) is 4. The third-order valence-electron chi connectivity index (χ3n) is 11.4. The minimum atomic E-state index is -0.632. The van der Waals surface area contributed by atoms with E-state index in [4.69, 9.17) is 9.72 Å². The van der Waals surface area contributed by atoms with Crippen LogP contribution in [0.15, 0.2) is 152 Å². The number of anilines is 4. The summed E-state index contributed by atoms with van der Waals surface area (Å²) in [5.41, 5.74) is 11.8. The number of aromatic nitrogens is 2. The number of aryl methyl sites for hydroxylation is 2. The molecule has 62 heavy (non-hydrogen) atoms. The van der Waals surface area contributed by atoms with Crippen molar-refractivity contribution in [3.05, 3.63) is 199 Å². The van der Waals surface area contributed by atoms with E-state index in [1.165, 1.54) is 17.7 Å². The molecule has 5 nitrogen and oxygen atoms in total. The molecule has 310 valence electrons. The number of benzene rings is 7. The molecule has 1 aliphatic heterocycles. The average Bonchev–Trinajstić information content (AvgIpc) is 3.79. The van der Waals surface area contributed by atoms with Gasteiger partial charge in [0.2, 0.25) is 0 Å². The smallest absolute Gasteiger partial charge is 0.135 e. The fourth-order valence-electron chi connectivity index (χ4n) is 8.56. The number of fused-ring (bicyclic) bond motifs is 4. The van der Waals surface area contributed by atoms with E-state index in [2.05, 4.69) is 128 Å². The van der Waals surface area contributed by atoms with Crippen LogP contribution in [-0.4, -0.2) is 9.55 Å². The van der Waals surface area contributed by atoms with Crippen molar-refractivity contribution in [1.82, 2.24) is 9.55 Å². The molecule has 8 heteroatoms. The molecule has 0 spiro atoms. The molecule has 0 saturated carbocycles. The van der Waals surface area contributed by atoms with Crippen LogP contribution >= 0.6 is 0 Å². The van der Waals surface area contributed by atoms with Crippen LogP contribution in [0, 0.1) is 44.3 Å². The summed E-state index contributed by atoms with van der Waals surface area (Å²) >= 11 is 0. The molecular weight excluding hydrogens is 954 g/mol. The normalized spacial score (nSPS) is 12.5. The van der Waals surface area contributed by atoms with Crippen molar-refractivity contribution >= 4 is 44.6 Å². The summed E-state index contributed by atoms with van der Waals surface area (Å²) in [6.07, 6.45) is 1.88. The number of rotatable bonds is 7. The number of hydrogen-bond acceptors (Lipinski definition) is 4. The Labute approximate surface area is 375 Å². The quantitative estimate of drug-likeness (QED) is 0.149. The molecule has 0 bridgehead atoms. The predicted molar refractivity (Wildman–Crippen MR) is 243 cm³/mol. The third-order valence-corrected chi connectivity index (χ3v) is 11.4. The second-order valence-electron chi connectivity index (χ2n) is 16.6. The molecule has 0 aliphatic carbocycles. The second-order valence-corrected chi connectivity index (χ2v) is 16.6. The molecule has 0 N–H and O–H groups in total. The maximum atomic E-state index is 14.6. The van der Waals surface area contributed by atoms with E-state index in [0.717, 1.165) is 78.7 Å². The van der Waals surface area contributed by atoms with Crippen LogP contribution in [0.25, 0.3) is 49.9 Å². The maximum Gasteiger partial charge on any atom is 0.135 e. The molecular formula is C54H41F2N4OPt-3. The van der Waals surface area contributed by atoms with E-state index >= 15 is 0 Å². The topological polar surface area (TPSA) is 33.5 Å². The number of pyridine rings is 1. The Morgan fingerprint density at radius 3 is 2.03 bits per heavy atom. The third kappa shape index (κ3) is 7.35. The first-order valence-corrected chi connectivity index (χ1v) is 20.3. The first-order valence-electron chi connectivity index (χ1n) is 20.3. The summed E-state index contributed by atoms with van der Waals surface area (Å²) in [7, 11) is 0. The standard InChI is InChI=1S/C54H41F2N4O.Pt/c1-34-13-12-14-35(2)53(34)37-27-41(58-33-59(50-20-11-10-19-49(50)58)47-17-8-6-15-44(47)36-25-39(55)30-40(56)26-36)31-43(28-37)61-42-21-22-46-45-16-7-9-18-48(45)60(51(46)32-42)52-29-38(23-24-57-52)54(3,4)5;/h6-30,33H,1-5H3;/q-3;. The second kappa shape index (κ2) is 16.0. The Bertz CT molecular complexity index is 3130. The van der Waals surface area contributed by atoms with Crippen molar-refractivity contribution < 1.29 is 34.6 Å². The molecule has 2 aromatic heterocycles. The Morgan fingerprint density at radius 2 is 1.29 bits per heavy atom. The zero-order chi connectivity index (χ0) is 42.0. The van der Waals surface area contributed by atoms with E-state index in [1.807, 2.05) is 73.5 Å². The van der Waals surface area contributed by atoms with Crippen LogP contribution in [0.1, 0.15) is 37.5 Å². The number of halogens is 2. The fraction of sp³-hybridized carbons (Fsp3) is 0.111. The minimum Gasteiger partial charge on any atom is -0.509 e. The molecule has 0 fully saturated rings. The molecule has 7 aromatic carbocycles. The molecule has 0 atom stereocenters. The van der Waals surface area contributed by atoms with Gasteiger partial charge in [0.15, 0.2) is 0 Å². The summed E-state index contributed by atoms with van der Waals surface area (Å²) in [5, 5.41) is 2.15. The van der Waals surface area contributed by atoms with Crippen molar-refractivity contribution in [2.45, 2.75) is 40.0 Å². The minimum absolute atomic E-state index is 0. The van der Waals surface area contributed by atoms with Crippen molar-refractivity contribution in [3.63, 3.8) is 0 Å². The zero-order valence-electron chi connectivity index (χ0n) is 34.8. The van der Waals surface area contributed by atoms with Gasteiger partial charge in [-0.05, 0) is 101 Å². The molecule has 1 aliphatic rings. The molecule has 0 radical (unpaired) electrons. The van der Waals surface area contributed by atoms with Gasteiger partial charge in [-0.3, -0.25) is 0 Å². The first kappa shape index (κ1) is 40.8. The molecule has 10 rings (SSSR count). The number of hydrogen-bond donors (Lipinski definition) is 0. The Kier molecular flexibility index (Phi) is 10.6. The van der Waals surface area contributed by atoms with Crippen LogP contribution in [0.2, 0.25) is 0 Å². The van der Waals surface area contributed by atoms with Crippen molar-refractivity contribution in [1.29, 1.82) is 0 Å². The average molecular weight is 995 g/mol. The van der Waals surface area contributed by atoms with E-state index < -0.39 is 11.6 Å². The molecule has 0 amide bonds. The van der Waals surface area contributed by atoms with Gasteiger partial charge in [0.05, 0.1) is 0 Å². The van der Waals surface area contributed by atoms with Crippen LogP contribution in [0.3, 0.4) is 0 Å². The van der Waals surface area contributed by atoms with Crippen molar-refractivity contribution in [2.24, 2.45) is 0 Å². The van der Waals surface area contributed by atoms with Crippen LogP contribution in [-0.2, 0) is 26.5 Å². The Balaban J connectivity index is 0.00000490. The van der Waals surface area contributed by atoms with Crippen LogP contribution in [0.5, 0.6) is 11.5 Å². The summed E-state index contributed by atoms with van der Waals surface area (Å²) in [4.78, 5) is 8.99. The van der Waals surface area contributed by atoms with Crippen molar-refractivity contribution in [3.8, 4) is 39.6 Å². The Morgan fingerprint density at radius 1 is 0.613 bits per heavy atom. The van der Waals surface area contributed by atoms with Gasteiger partial charge in [0.1, 0.15) is 17.5 Å².